The summed E-state index contributed by atoms with van der Waals surface area (Å²) >= 11 is 0. The van der Waals surface area contributed by atoms with Crippen LogP contribution in [0.4, 0.5) is 5.69 Å². The normalized spacial score (nSPS) is 15.3. The summed E-state index contributed by atoms with van der Waals surface area (Å²) in [4.78, 5) is 23.2. The van der Waals surface area contributed by atoms with Gasteiger partial charge in [-0.1, -0.05) is 24.3 Å². The maximum Gasteiger partial charge on any atom is 0.270 e. The number of aryl methyl sites for hydroxylation is 1. The fourth-order valence-corrected chi connectivity index (χ4v) is 2.82. The molecule has 0 atom stereocenters. The van der Waals surface area contributed by atoms with Crippen molar-refractivity contribution in [2.45, 2.75) is 12.8 Å². The van der Waals surface area contributed by atoms with E-state index in [-0.39, 0.29) is 11.5 Å². The van der Waals surface area contributed by atoms with Gasteiger partial charge < -0.3 is 4.74 Å². The van der Waals surface area contributed by atoms with Crippen LogP contribution in [0.2, 0.25) is 0 Å². The van der Waals surface area contributed by atoms with Gasteiger partial charge in [0.25, 0.3) is 5.69 Å². The van der Waals surface area contributed by atoms with Crippen LogP contribution in [0.25, 0.3) is 6.08 Å². The molecule has 0 amide bonds. The number of ketones is 1. The average molecular weight is 309 g/mol. The Hall–Kier alpha value is -2.95. The van der Waals surface area contributed by atoms with Gasteiger partial charge in [-0.15, -0.1) is 0 Å². The molecular formula is C18H15NO4. The Morgan fingerprint density at radius 3 is 2.70 bits per heavy atom. The zero-order valence-electron chi connectivity index (χ0n) is 12.6. The maximum absolute atomic E-state index is 12.7. The van der Waals surface area contributed by atoms with E-state index in [0.29, 0.717) is 28.9 Å². The third kappa shape index (κ3) is 2.85. The third-order valence-corrected chi connectivity index (χ3v) is 3.94. The van der Waals surface area contributed by atoms with Crippen molar-refractivity contribution in [3.8, 4) is 5.75 Å². The summed E-state index contributed by atoms with van der Waals surface area (Å²) in [7, 11) is 1.54. The van der Waals surface area contributed by atoms with E-state index in [4.69, 9.17) is 4.74 Å². The van der Waals surface area contributed by atoms with Gasteiger partial charge in [-0.2, -0.15) is 0 Å². The zero-order valence-corrected chi connectivity index (χ0v) is 12.6. The minimum absolute atomic E-state index is 0.0144. The summed E-state index contributed by atoms with van der Waals surface area (Å²) in [5.41, 5.74) is 2.88. The molecule has 0 unspecified atom stereocenters. The number of rotatable bonds is 3. The molecule has 2 aromatic rings. The van der Waals surface area contributed by atoms with Crippen molar-refractivity contribution >= 4 is 17.5 Å². The molecule has 5 nitrogen and oxygen atoms in total. The number of hydrogen-bond donors (Lipinski definition) is 0. The smallest absolute Gasteiger partial charge is 0.270 e. The molecule has 0 saturated heterocycles. The van der Waals surface area contributed by atoms with Crippen LogP contribution in [0.3, 0.4) is 0 Å². The Bertz CT molecular complexity index is 809. The number of ether oxygens (including phenoxy) is 1. The first kappa shape index (κ1) is 15.0. The Morgan fingerprint density at radius 2 is 1.96 bits per heavy atom. The number of Topliss-reactive ketones (excluding diaryl/α,β-unsaturated/α-hetero) is 1. The van der Waals surface area contributed by atoms with Crippen molar-refractivity contribution < 1.29 is 14.5 Å². The Labute approximate surface area is 133 Å². The Morgan fingerprint density at radius 1 is 1.17 bits per heavy atom. The maximum atomic E-state index is 12.7. The minimum Gasteiger partial charge on any atom is -0.496 e. The lowest BCUT2D eigenvalue weighted by molar-refractivity contribution is -0.384. The van der Waals surface area contributed by atoms with Gasteiger partial charge in [0, 0.05) is 17.7 Å². The number of benzene rings is 2. The first-order valence-corrected chi connectivity index (χ1v) is 7.26. The fraction of sp³-hybridized carbons (Fsp3) is 0.167. The van der Waals surface area contributed by atoms with Crippen LogP contribution in [0.15, 0.2) is 48.0 Å². The number of methoxy groups -OCH3 is 1. The standard InChI is InChI=1S/C18H15NO4/c1-23-16-7-3-5-13-8-9-14(18(20)17(13)16)10-12-4-2-6-15(11-12)19(21)22/h2-7,10-11H,8-9H2,1H3/b14-10-. The van der Waals surface area contributed by atoms with Crippen molar-refractivity contribution in [1.29, 1.82) is 0 Å². The van der Waals surface area contributed by atoms with E-state index in [1.54, 1.807) is 31.4 Å². The summed E-state index contributed by atoms with van der Waals surface area (Å²) in [6, 6.07) is 11.9. The molecule has 0 fully saturated rings. The number of carbonyl (C=O) groups is 1. The van der Waals surface area contributed by atoms with Gasteiger partial charge >= 0.3 is 0 Å². The second-order valence-electron chi connectivity index (χ2n) is 5.35. The second-order valence-corrected chi connectivity index (χ2v) is 5.35. The molecular weight excluding hydrogens is 294 g/mol. The monoisotopic (exact) mass is 309 g/mol. The predicted molar refractivity (Wildman–Crippen MR) is 86.7 cm³/mol. The van der Waals surface area contributed by atoms with E-state index < -0.39 is 4.92 Å². The molecule has 116 valence electrons. The van der Waals surface area contributed by atoms with Crippen LogP contribution in [0.5, 0.6) is 5.75 Å². The molecule has 0 radical (unpaired) electrons. The molecule has 0 aliphatic heterocycles. The molecule has 1 aliphatic carbocycles. The van der Waals surface area contributed by atoms with Crippen molar-refractivity contribution in [3.63, 3.8) is 0 Å². The van der Waals surface area contributed by atoms with Gasteiger partial charge in [-0.05, 0) is 36.1 Å². The highest BCUT2D eigenvalue weighted by atomic mass is 16.6. The predicted octanol–water partition coefficient (Wildman–Crippen LogP) is 3.82. The number of nitro groups is 1. The lowest BCUT2D eigenvalue weighted by Crippen LogP contribution is -2.15. The van der Waals surface area contributed by atoms with Crippen LogP contribution in [-0.4, -0.2) is 17.8 Å². The summed E-state index contributed by atoms with van der Waals surface area (Å²) < 4.78 is 5.29. The molecule has 2 aromatic carbocycles. The van der Waals surface area contributed by atoms with E-state index in [9.17, 15) is 14.9 Å². The molecule has 0 bridgehead atoms. The molecule has 23 heavy (non-hydrogen) atoms. The second kappa shape index (κ2) is 6.04. The molecule has 1 aliphatic rings. The van der Waals surface area contributed by atoms with Gasteiger partial charge in [0.05, 0.1) is 17.6 Å². The number of nitro benzene ring substituents is 1. The lowest BCUT2D eigenvalue weighted by atomic mass is 9.85. The Kier molecular flexibility index (Phi) is 3.93. The fourth-order valence-electron chi connectivity index (χ4n) is 2.82. The van der Waals surface area contributed by atoms with Crippen LogP contribution in [0.1, 0.15) is 27.9 Å². The van der Waals surface area contributed by atoms with Crippen molar-refractivity contribution in [3.05, 3.63) is 74.8 Å². The Balaban J connectivity index is 2.01. The third-order valence-electron chi connectivity index (χ3n) is 3.94. The van der Waals surface area contributed by atoms with E-state index in [1.165, 1.54) is 12.1 Å². The largest absolute Gasteiger partial charge is 0.496 e. The zero-order chi connectivity index (χ0) is 16.4. The first-order chi connectivity index (χ1) is 11.1. The van der Waals surface area contributed by atoms with Gasteiger partial charge in [0.1, 0.15) is 5.75 Å². The van der Waals surface area contributed by atoms with Crippen molar-refractivity contribution in [2.24, 2.45) is 0 Å². The van der Waals surface area contributed by atoms with E-state index in [0.717, 1.165) is 12.0 Å². The van der Waals surface area contributed by atoms with Gasteiger partial charge in [0.2, 0.25) is 0 Å². The highest BCUT2D eigenvalue weighted by Gasteiger charge is 2.25. The molecule has 3 rings (SSSR count). The summed E-state index contributed by atoms with van der Waals surface area (Å²) in [6.45, 7) is 0. The number of carbonyl (C=O) groups excluding carboxylic acids is 1. The minimum atomic E-state index is -0.441. The molecule has 0 saturated carbocycles. The summed E-state index contributed by atoms with van der Waals surface area (Å²) in [5.74, 6) is 0.493. The summed E-state index contributed by atoms with van der Waals surface area (Å²) in [5, 5.41) is 10.9. The van der Waals surface area contributed by atoms with Crippen LogP contribution >= 0.6 is 0 Å². The van der Waals surface area contributed by atoms with Gasteiger partial charge in [-0.3, -0.25) is 14.9 Å². The van der Waals surface area contributed by atoms with Crippen LogP contribution < -0.4 is 4.74 Å². The number of hydrogen-bond acceptors (Lipinski definition) is 4. The number of fused-ring (bicyclic) bond motifs is 1. The average Bonchev–Trinajstić information content (AvgIpc) is 2.57. The molecule has 0 heterocycles. The molecule has 0 spiro atoms. The van der Waals surface area contributed by atoms with Gasteiger partial charge in [0.15, 0.2) is 5.78 Å². The highest BCUT2D eigenvalue weighted by Crippen LogP contribution is 2.33. The van der Waals surface area contributed by atoms with E-state index in [2.05, 4.69) is 0 Å². The number of allylic oxidation sites excluding steroid dienone is 1. The number of nitrogens with zero attached hydrogens (tertiary/aromatic N) is 1. The highest BCUT2D eigenvalue weighted by molar-refractivity contribution is 6.14. The van der Waals surface area contributed by atoms with Gasteiger partial charge in [-0.25, -0.2) is 0 Å². The van der Waals surface area contributed by atoms with Crippen molar-refractivity contribution in [2.75, 3.05) is 7.11 Å². The topological polar surface area (TPSA) is 69.4 Å². The lowest BCUT2D eigenvalue weighted by Gasteiger charge is -2.19. The summed E-state index contributed by atoms with van der Waals surface area (Å²) in [6.07, 6.45) is 3.09. The van der Waals surface area contributed by atoms with E-state index >= 15 is 0 Å². The number of non-ortho nitro benzene ring substituents is 1. The van der Waals surface area contributed by atoms with E-state index in [1.807, 2.05) is 12.1 Å². The first-order valence-electron chi connectivity index (χ1n) is 7.26. The van der Waals surface area contributed by atoms with Crippen molar-refractivity contribution in [1.82, 2.24) is 0 Å². The van der Waals surface area contributed by atoms with Crippen LogP contribution in [0, 0.1) is 10.1 Å². The molecule has 0 aromatic heterocycles. The SMILES string of the molecule is COc1cccc2c1C(=O)/C(=C\c1cccc([N+](=O)[O-])c1)CC2. The molecule has 0 N–H and O–H groups in total. The molecule has 5 heteroatoms. The van der Waals surface area contributed by atoms with Crippen LogP contribution in [-0.2, 0) is 6.42 Å². The quantitative estimate of drug-likeness (QED) is 0.491.